The van der Waals surface area contributed by atoms with Crippen molar-refractivity contribution < 1.29 is 0 Å². The fraction of sp³-hybridized carbons (Fsp3) is 0.273. The molecule has 0 bridgehead atoms. The highest BCUT2D eigenvalue weighted by atomic mass is 14.3. The molecule has 0 fully saturated rings. The molecule has 12 aromatic rings. The molecule has 0 radical (unpaired) electrons. The third-order valence-corrected chi connectivity index (χ3v) is 24.0. The predicted molar refractivity (Wildman–Crippen MR) is 428 cm³/mol. The number of aryl methyl sites for hydroxylation is 12. The molecule has 99 heavy (non-hydrogen) atoms. The maximum absolute atomic E-state index is 2.34. The van der Waals surface area contributed by atoms with Gasteiger partial charge in [-0.25, -0.2) is 0 Å². The summed E-state index contributed by atoms with van der Waals surface area (Å²) in [5.74, 6) is 0. The van der Waals surface area contributed by atoms with Gasteiger partial charge in [-0.1, -0.05) is 180 Å². The molecule has 0 aliphatic heterocycles. The Hall–Kier alpha value is -9.36. The summed E-state index contributed by atoms with van der Waals surface area (Å²) in [6.45, 7) is 46.7. The highest BCUT2D eigenvalue weighted by molar-refractivity contribution is 5.87. The zero-order valence-corrected chi connectivity index (χ0v) is 63.3. The van der Waals surface area contributed by atoms with E-state index in [0.29, 0.717) is 0 Å². The maximum Gasteiger partial charge on any atom is -0.00106 e. The van der Waals surface area contributed by atoms with Crippen molar-refractivity contribution in [2.75, 3.05) is 0 Å². The zero-order valence-electron chi connectivity index (χ0n) is 63.3. The molecule has 0 saturated heterocycles. The number of hydrogen-bond donors (Lipinski definition) is 0. The molecule has 0 saturated carbocycles. The van der Waals surface area contributed by atoms with Gasteiger partial charge in [0.05, 0.1) is 0 Å². The number of fused-ring (bicyclic) bond motifs is 18. The quantitative estimate of drug-likeness (QED) is 0.142. The fourth-order valence-electron chi connectivity index (χ4n) is 17.4. The van der Waals surface area contributed by atoms with Gasteiger partial charge in [-0.3, -0.25) is 0 Å². The van der Waals surface area contributed by atoms with E-state index in [9.17, 15) is 0 Å². The van der Waals surface area contributed by atoms with Crippen molar-refractivity contribution in [2.24, 2.45) is 0 Å². The Morgan fingerprint density at radius 1 is 0.162 bits per heavy atom. The van der Waals surface area contributed by atoms with Crippen LogP contribution in [0, 0.1) is 145 Å². The maximum atomic E-state index is 2.34. The molecule has 0 unspecified atom stereocenters. The van der Waals surface area contributed by atoms with E-state index < -0.39 is 0 Å². The van der Waals surface area contributed by atoms with E-state index in [4.69, 9.17) is 0 Å². The second-order valence-corrected chi connectivity index (χ2v) is 30.4. The highest BCUT2D eigenvalue weighted by Gasteiger charge is 2.29. The first-order valence-electron chi connectivity index (χ1n) is 36.4. The zero-order chi connectivity index (χ0) is 70.3. The first-order valence-corrected chi connectivity index (χ1v) is 36.4. The van der Waals surface area contributed by atoms with Gasteiger partial charge in [-0.2, -0.15) is 0 Å². The molecule has 6 aliphatic rings. The SMILES string of the molecule is Cc1c(C)c(C)c2c(c1C)Cc1ccccc1-2.Cc1cc(C)c2c(c1C)-c1c(C)cccc1C2.Cc1ccc2c(c1)-c1c(C)c(C)cc(C)c1C2.Cc1ccc2c(c1)-c1c(ccc(C)c1C)C2.Cc1ccc2c(c1)Cc1ccc(C)c(C)c1-2.Cc1ccc2c(c1C)-c1cccc(C)c1C2. The lowest BCUT2D eigenvalue weighted by molar-refractivity contribution is 1.15. The van der Waals surface area contributed by atoms with Gasteiger partial charge < -0.3 is 0 Å². The second kappa shape index (κ2) is 27.1. The summed E-state index contributed by atoms with van der Waals surface area (Å²) in [5.41, 5.74) is 65.7. The minimum Gasteiger partial charge on any atom is -0.0619 e. The van der Waals surface area contributed by atoms with E-state index in [1.165, 1.54) is 245 Å². The predicted octanol–water partition coefficient (Wildman–Crippen LogP) is 26.0. The van der Waals surface area contributed by atoms with E-state index in [2.05, 4.69) is 309 Å². The molecule has 0 spiro atoms. The van der Waals surface area contributed by atoms with Crippen molar-refractivity contribution in [3.05, 3.63) is 347 Å². The van der Waals surface area contributed by atoms with Crippen molar-refractivity contribution >= 4 is 0 Å². The Morgan fingerprint density at radius 2 is 0.535 bits per heavy atom. The molecule has 0 heterocycles. The van der Waals surface area contributed by atoms with Crippen LogP contribution in [0.4, 0.5) is 0 Å². The van der Waals surface area contributed by atoms with Gasteiger partial charge in [0.2, 0.25) is 0 Å². The lowest BCUT2D eigenvalue weighted by Crippen LogP contribution is -1.98. The van der Waals surface area contributed by atoms with Crippen LogP contribution < -0.4 is 0 Å². The molecule has 0 N–H and O–H groups in total. The summed E-state index contributed by atoms with van der Waals surface area (Å²) in [6, 6.07) is 60.9. The van der Waals surface area contributed by atoms with Crippen molar-refractivity contribution in [1.29, 1.82) is 0 Å². The average Bonchev–Trinajstić information content (AvgIpc) is 1.60. The lowest BCUT2D eigenvalue weighted by atomic mass is 9.89. The molecule has 0 amide bonds. The molecule has 0 aromatic heterocycles. The van der Waals surface area contributed by atoms with Crippen LogP contribution >= 0.6 is 0 Å². The van der Waals surface area contributed by atoms with Crippen LogP contribution in [-0.4, -0.2) is 0 Å². The van der Waals surface area contributed by atoms with Gasteiger partial charge in [0, 0.05) is 0 Å². The Labute approximate surface area is 594 Å². The molecule has 0 atom stereocenters. The number of rotatable bonds is 0. The van der Waals surface area contributed by atoms with E-state index in [1.54, 1.807) is 5.56 Å². The highest BCUT2D eigenvalue weighted by Crippen LogP contribution is 2.48. The first kappa shape index (κ1) is 68.2. The second-order valence-electron chi connectivity index (χ2n) is 30.4. The van der Waals surface area contributed by atoms with Gasteiger partial charge in [-0.15, -0.1) is 0 Å². The van der Waals surface area contributed by atoms with Crippen LogP contribution in [0.2, 0.25) is 0 Å². The van der Waals surface area contributed by atoms with Gasteiger partial charge in [-0.05, 0) is 418 Å². The normalized spacial score (nSPS) is 12.5. The molecular formula is C99H102. The summed E-state index contributed by atoms with van der Waals surface area (Å²) >= 11 is 0. The molecule has 0 nitrogen and oxygen atoms in total. The Kier molecular flexibility index (Phi) is 18.6. The Morgan fingerprint density at radius 3 is 1.16 bits per heavy atom. The topological polar surface area (TPSA) is 0 Å². The van der Waals surface area contributed by atoms with Crippen LogP contribution in [0.25, 0.3) is 66.8 Å². The van der Waals surface area contributed by atoms with E-state index in [-0.39, 0.29) is 0 Å². The van der Waals surface area contributed by atoms with E-state index in [1.807, 2.05) is 0 Å². The summed E-state index contributed by atoms with van der Waals surface area (Å²) in [5, 5.41) is 0. The van der Waals surface area contributed by atoms with Gasteiger partial charge in [0.1, 0.15) is 0 Å². The van der Waals surface area contributed by atoms with Crippen LogP contribution in [0.15, 0.2) is 164 Å². The van der Waals surface area contributed by atoms with Gasteiger partial charge in [0.15, 0.2) is 0 Å². The smallest absolute Gasteiger partial charge is 0.00106 e. The molecule has 18 rings (SSSR count). The average molecular weight is 1290 g/mol. The van der Waals surface area contributed by atoms with Gasteiger partial charge >= 0.3 is 0 Å². The number of benzene rings is 12. The summed E-state index contributed by atoms with van der Waals surface area (Å²) < 4.78 is 0. The van der Waals surface area contributed by atoms with E-state index in [0.717, 1.165) is 38.5 Å². The third kappa shape index (κ3) is 12.4. The van der Waals surface area contributed by atoms with Crippen LogP contribution in [0.3, 0.4) is 0 Å². The third-order valence-electron chi connectivity index (χ3n) is 24.0. The number of hydrogen-bond acceptors (Lipinski definition) is 0. The molecular weight excluding hydrogens is 1190 g/mol. The standard InChI is InChI=1S/3C17H18.3C16H16/c1-10-5-6-14-9-15-12(3)8-11(2)13(4)17(15)16(14)7-10;1-10-6-5-7-14-9-15-12(3)8-11(2)13(4)17(15)16(10)14;1-10-11(2)13(4)17-15-8-6-5-7-14(15)9-16(17)12(10)3;1-10-4-7-15-14(8-10)9-13-6-5-11(2)12(3)16(13)15;1-10-4-6-13-9-14-7-5-11(2)12(3)16(14)15(13)8-10;1-10-7-8-13-9-15-11(2)5-4-6-14(15)16(13)12(10)3/h3*5-8H,9H2,1-4H3;3*4-8H,9H2,1-3H3. The summed E-state index contributed by atoms with van der Waals surface area (Å²) in [6.07, 6.45) is 6.65. The monoisotopic (exact) mass is 1290 g/mol. The Bertz CT molecular complexity index is 5270. The minimum atomic E-state index is 1.10. The van der Waals surface area contributed by atoms with Gasteiger partial charge in [0.25, 0.3) is 0 Å². The molecule has 498 valence electrons. The lowest BCUT2D eigenvalue weighted by Gasteiger charge is -2.16. The Balaban J connectivity index is 0.000000107. The largest absolute Gasteiger partial charge is 0.0619 e. The van der Waals surface area contributed by atoms with Crippen molar-refractivity contribution in [2.45, 2.75) is 184 Å². The van der Waals surface area contributed by atoms with Crippen molar-refractivity contribution in [1.82, 2.24) is 0 Å². The summed E-state index contributed by atoms with van der Waals surface area (Å²) in [7, 11) is 0. The molecule has 6 aliphatic carbocycles. The minimum absolute atomic E-state index is 1.10. The molecule has 0 heteroatoms. The van der Waals surface area contributed by atoms with Crippen LogP contribution in [0.1, 0.15) is 184 Å². The fourth-order valence-corrected chi connectivity index (χ4v) is 17.4. The summed E-state index contributed by atoms with van der Waals surface area (Å²) in [4.78, 5) is 0. The van der Waals surface area contributed by atoms with Crippen molar-refractivity contribution in [3.63, 3.8) is 0 Å². The first-order chi connectivity index (χ1) is 47.3. The van der Waals surface area contributed by atoms with Crippen LogP contribution in [0.5, 0.6) is 0 Å². The van der Waals surface area contributed by atoms with Crippen LogP contribution in [-0.2, 0) is 38.5 Å². The molecule has 12 aromatic carbocycles. The van der Waals surface area contributed by atoms with Crippen molar-refractivity contribution in [3.8, 4) is 66.8 Å². The van der Waals surface area contributed by atoms with E-state index >= 15 is 0 Å².